The van der Waals surface area contributed by atoms with Gasteiger partial charge in [0.05, 0.1) is 19.8 Å². The molecule has 0 fully saturated rings. The Kier molecular flexibility index (Phi) is 3.50. The zero-order valence-electron chi connectivity index (χ0n) is 9.23. The van der Waals surface area contributed by atoms with Crippen LogP contribution in [0.5, 0.6) is 5.75 Å². The first kappa shape index (κ1) is 12.0. The van der Waals surface area contributed by atoms with Crippen molar-refractivity contribution in [2.75, 3.05) is 14.2 Å². The van der Waals surface area contributed by atoms with Crippen LogP contribution in [0.2, 0.25) is 0 Å². The van der Waals surface area contributed by atoms with Gasteiger partial charge in [-0.2, -0.15) is 0 Å². The lowest BCUT2D eigenvalue weighted by Crippen LogP contribution is -2.10. The maximum atomic E-state index is 11.4. The second-order valence-corrected chi connectivity index (χ2v) is 3.12. The molecule has 0 aromatic heterocycles. The molecule has 0 aliphatic heterocycles. The Bertz CT molecular complexity index is 436. The van der Waals surface area contributed by atoms with E-state index in [1.807, 2.05) is 0 Å². The summed E-state index contributed by atoms with van der Waals surface area (Å²) in [6.45, 7) is 1.54. The van der Waals surface area contributed by atoms with Gasteiger partial charge in [-0.15, -0.1) is 0 Å². The Morgan fingerprint density at radius 3 is 2.19 bits per heavy atom. The largest absolute Gasteiger partial charge is 0.507 e. The molecule has 0 aliphatic rings. The number of methoxy groups -OCH3 is 2. The maximum Gasteiger partial charge on any atom is 0.341 e. The van der Waals surface area contributed by atoms with Crippen LogP contribution in [0.15, 0.2) is 12.1 Å². The number of carbonyl (C=O) groups excluding carboxylic acids is 2. The van der Waals surface area contributed by atoms with Gasteiger partial charge in [-0.1, -0.05) is 0 Å². The van der Waals surface area contributed by atoms with Crippen LogP contribution in [-0.4, -0.2) is 31.3 Å². The zero-order chi connectivity index (χ0) is 12.3. The number of ether oxygens (including phenoxy) is 2. The summed E-state index contributed by atoms with van der Waals surface area (Å²) in [4.78, 5) is 22.7. The van der Waals surface area contributed by atoms with Gasteiger partial charge >= 0.3 is 11.9 Å². The van der Waals surface area contributed by atoms with Crippen LogP contribution in [0.25, 0.3) is 0 Å². The predicted molar refractivity (Wildman–Crippen MR) is 55.5 cm³/mol. The minimum Gasteiger partial charge on any atom is -0.507 e. The van der Waals surface area contributed by atoms with Crippen LogP contribution >= 0.6 is 0 Å². The Morgan fingerprint density at radius 2 is 1.69 bits per heavy atom. The van der Waals surface area contributed by atoms with E-state index < -0.39 is 11.9 Å². The highest BCUT2D eigenvalue weighted by Gasteiger charge is 2.20. The molecule has 16 heavy (non-hydrogen) atoms. The molecule has 1 N–H and O–H groups in total. The lowest BCUT2D eigenvalue weighted by atomic mass is 10.0. The number of hydrogen-bond acceptors (Lipinski definition) is 5. The monoisotopic (exact) mass is 224 g/mol. The summed E-state index contributed by atoms with van der Waals surface area (Å²) in [6, 6.07) is 2.65. The average Bonchev–Trinajstić information content (AvgIpc) is 2.28. The molecule has 0 unspecified atom stereocenters. The zero-order valence-corrected chi connectivity index (χ0v) is 9.23. The van der Waals surface area contributed by atoms with Crippen molar-refractivity contribution in [1.82, 2.24) is 0 Å². The molecule has 0 aliphatic carbocycles. The van der Waals surface area contributed by atoms with E-state index in [2.05, 4.69) is 9.47 Å². The van der Waals surface area contributed by atoms with E-state index in [0.717, 1.165) is 0 Å². The van der Waals surface area contributed by atoms with Crippen molar-refractivity contribution in [3.63, 3.8) is 0 Å². The third kappa shape index (κ3) is 1.98. The molecule has 1 rings (SSSR count). The molecular formula is C11H12O5. The molecule has 1 aromatic rings. The smallest absolute Gasteiger partial charge is 0.341 e. The van der Waals surface area contributed by atoms with Crippen molar-refractivity contribution in [1.29, 1.82) is 0 Å². The molecule has 0 heterocycles. The summed E-state index contributed by atoms with van der Waals surface area (Å²) in [5.41, 5.74) is 0.532. The number of rotatable bonds is 2. The lowest BCUT2D eigenvalue weighted by molar-refractivity contribution is 0.0595. The van der Waals surface area contributed by atoms with Crippen molar-refractivity contribution in [3.05, 3.63) is 28.8 Å². The van der Waals surface area contributed by atoms with Crippen LogP contribution in [0.1, 0.15) is 26.3 Å². The number of aromatic hydroxyl groups is 1. The van der Waals surface area contributed by atoms with Crippen molar-refractivity contribution in [2.45, 2.75) is 6.92 Å². The van der Waals surface area contributed by atoms with Gasteiger partial charge < -0.3 is 14.6 Å². The normalized spacial score (nSPS) is 9.69. The van der Waals surface area contributed by atoms with Gasteiger partial charge in [0.2, 0.25) is 0 Å². The highest BCUT2D eigenvalue weighted by molar-refractivity contribution is 5.99. The van der Waals surface area contributed by atoms with Gasteiger partial charge in [0.1, 0.15) is 11.3 Å². The van der Waals surface area contributed by atoms with Gasteiger partial charge in [0.15, 0.2) is 0 Å². The van der Waals surface area contributed by atoms with Crippen LogP contribution in [0.3, 0.4) is 0 Å². The summed E-state index contributed by atoms with van der Waals surface area (Å²) in [6.07, 6.45) is 0. The summed E-state index contributed by atoms with van der Waals surface area (Å²) in [5.74, 6) is -1.49. The highest BCUT2D eigenvalue weighted by Crippen LogP contribution is 2.25. The van der Waals surface area contributed by atoms with Gasteiger partial charge in [0, 0.05) is 0 Å². The quantitative estimate of drug-likeness (QED) is 0.766. The fraction of sp³-hybridized carbons (Fsp3) is 0.273. The number of hydrogen-bond donors (Lipinski definition) is 1. The number of phenolic OH excluding ortho intramolecular Hbond substituents is 1. The molecule has 5 nitrogen and oxygen atoms in total. The third-order valence-corrected chi connectivity index (χ3v) is 2.24. The van der Waals surface area contributed by atoms with E-state index in [1.165, 1.54) is 33.3 Å². The number of phenols is 1. The van der Waals surface area contributed by atoms with E-state index in [9.17, 15) is 14.7 Å². The first-order chi connectivity index (χ1) is 7.52. The topological polar surface area (TPSA) is 72.8 Å². The summed E-state index contributed by atoms with van der Waals surface area (Å²) in [5, 5.41) is 9.52. The molecule has 0 spiro atoms. The van der Waals surface area contributed by atoms with Gasteiger partial charge in [-0.25, -0.2) is 9.59 Å². The minimum atomic E-state index is -0.694. The number of carbonyl (C=O) groups is 2. The van der Waals surface area contributed by atoms with Crippen molar-refractivity contribution >= 4 is 11.9 Å². The maximum absolute atomic E-state index is 11.4. The molecular weight excluding hydrogens is 212 g/mol. The highest BCUT2D eigenvalue weighted by atomic mass is 16.5. The second kappa shape index (κ2) is 4.65. The molecule has 0 saturated carbocycles. The molecule has 0 radical (unpaired) electrons. The second-order valence-electron chi connectivity index (χ2n) is 3.12. The Hall–Kier alpha value is -2.04. The summed E-state index contributed by atoms with van der Waals surface area (Å²) < 4.78 is 9.07. The Labute approximate surface area is 92.6 Å². The standard InChI is InChI=1S/C11H12O5/c1-6-7(10(13)15-2)4-5-8(12)9(6)11(14)16-3/h4-5,12H,1-3H3. The molecule has 0 amide bonds. The number of esters is 2. The molecule has 5 heteroatoms. The van der Waals surface area contributed by atoms with Gasteiger partial charge in [-0.05, 0) is 24.6 Å². The third-order valence-electron chi connectivity index (χ3n) is 2.24. The molecule has 1 aromatic carbocycles. The molecule has 86 valence electrons. The first-order valence-electron chi connectivity index (χ1n) is 4.52. The van der Waals surface area contributed by atoms with E-state index >= 15 is 0 Å². The van der Waals surface area contributed by atoms with Crippen LogP contribution in [0.4, 0.5) is 0 Å². The Balaban J connectivity index is 3.38. The Morgan fingerprint density at radius 1 is 1.12 bits per heavy atom. The van der Waals surface area contributed by atoms with Crippen molar-refractivity contribution in [3.8, 4) is 5.75 Å². The van der Waals surface area contributed by atoms with Crippen LogP contribution in [0, 0.1) is 6.92 Å². The fourth-order valence-electron chi connectivity index (χ4n) is 1.39. The van der Waals surface area contributed by atoms with Crippen molar-refractivity contribution in [2.24, 2.45) is 0 Å². The molecule has 0 atom stereocenters. The van der Waals surface area contributed by atoms with E-state index in [1.54, 1.807) is 0 Å². The van der Waals surface area contributed by atoms with E-state index in [4.69, 9.17) is 0 Å². The van der Waals surface area contributed by atoms with Crippen molar-refractivity contribution < 1.29 is 24.2 Å². The summed E-state index contributed by atoms with van der Waals surface area (Å²) in [7, 11) is 2.44. The number of benzene rings is 1. The minimum absolute atomic E-state index is 0.0228. The lowest BCUT2D eigenvalue weighted by Gasteiger charge is -2.09. The SMILES string of the molecule is COC(=O)c1ccc(O)c(C(=O)OC)c1C. The molecule has 0 saturated heterocycles. The van der Waals surface area contributed by atoms with E-state index in [-0.39, 0.29) is 16.9 Å². The average molecular weight is 224 g/mol. The van der Waals surface area contributed by atoms with Crippen LogP contribution in [-0.2, 0) is 9.47 Å². The summed E-state index contributed by atoms with van der Waals surface area (Å²) >= 11 is 0. The molecule has 0 bridgehead atoms. The van der Waals surface area contributed by atoms with Gasteiger partial charge in [0.25, 0.3) is 0 Å². The first-order valence-corrected chi connectivity index (χ1v) is 4.52. The van der Waals surface area contributed by atoms with Gasteiger partial charge in [-0.3, -0.25) is 0 Å². The van der Waals surface area contributed by atoms with E-state index in [0.29, 0.717) is 5.56 Å². The van der Waals surface area contributed by atoms with Crippen LogP contribution < -0.4 is 0 Å². The predicted octanol–water partition coefficient (Wildman–Crippen LogP) is 1.27. The fourth-order valence-corrected chi connectivity index (χ4v) is 1.39.